The van der Waals surface area contributed by atoms with E-state index in [1.54, 1.807) is 18.2 Å². The number of hydrogen-bond acceptors (Lipinski definition) is 2. The Morgan fingerprint density at radius 3 is 2.47 bits per heavy atom. The van der Waals surface area contributed by atoms with E-state index in [0.717, 1.165) is 5.56 Å². The zero-order valence-electron chi connectivity index (χ0n) is 10.3. The first-order valence-corrected chi connectivity index (χ1v) is 5.93. The van der Waals surface area contributed by atoms with Crippen molar-refractivity contribution in [2.24, 2.45) is 0 Å². The smallest absolute Gasteiger partial charge is 0.248 e. The Hall–Kier alpha value is -2.20. The molecule has 3 nitrogen and oxygen atoms in total. The summed E-state index contributed by atoms with van der Waals surface area (Å²) in [6.45, 7) is 0.282. The summed E-state index contributed by atoms with van der Waals surface area (Å²) >= 11 is 0. The first-order chi connectivity index (χ1) is 9.25. The summed E-state index contributed by atoms with van der Waals surface area (Å²) in [5.74, 6) is -0.762. The molecule has 2 aromatic carbocycles. The second-order valence-electron chi connectivity index (χ2n) is 4.07. The molecular formula is C15H14FNO2. The van der Waals surface area contributed by atoms with E-state index >= 15 is 0 Å². The lowest BCUT2D eigenvalue weighted by atomic mass is 10.1. The summed E-state index contributed by atoms with van der Waals surface area (Å²) in [6, 6.07) is 15.6. The number of nitrogens with one attached hydrogen (secondary N) is 1. The van der Waals surface area contributed by atoms with Crippen molar-refractivity contribution in [3.8, 4) is 0 Å². The fraction of sp³-hybridized carbons (Fsp3) is 0.133. The van der Waals surface area contributed by atoms with Crippen molar-refractivity contribution >= 4 is 5.91 Å². The molecule has 1 N–H and O–H groups in total. The quantitative estimate of drug-likeness (QED) is 0.838. The van der Waals surface area contributed by atoms with Crippen molar-refractivity contribution in [1.29, 1.82) is 0 Å². The molecule has 0 saturated heterocycles. The molecule has 0 unspecified atom stereocenters. The van der Waals surface area contributed by atoms with Crippen LogP contribution in [0.4, 0.5) is 4.39 Å². The fourth-order valence-corrected chi connectivity index (χ4v) is 1.62. The summed E-state index contributed by atoms with van der Waals surface area (Å²) in [6.07, 6.45) is -0.0402. The lowest BCUT2D eigenvalue weighted by Gasteiger charge is -2.06. The van der Waals surface area contributed by atoms with Gasteiger partial charge in [-0.3, -0.25) is 9.63 Å². The first kappa shape index (κ1) is 13.2. The van der Waals surface area contributed by atoms with Gasteiger partial charge in [0.05, 0.1) is 13.0 Å². The van der Waals surface area contributed by atoms with E-state index < -0.39 is 0 Å². The molecule has 0 aromatic heterocycles. The average molecular weight is 259 g/mol. The van der Waals surface area contributed by atoms with Gasteiger partial charge in [0.2, 0.25) is 5.91 Å². The van der Waals surface area contributed by atoms with E-state index in [4.69, 9.17) is 4.84 Å². The average Bonchev–Trinajstić information content (AvgIpc) is 2.43. The molecule has 0 bridgehead atoms. The maximum Gasteiger partial charge on any atom is 0.248 e. The van der Waals surface area contributed by atoms with Crippen molar-refractivity contribution in [3.63, 3.8) is 0 Å². The van der Waals surface area contributed by atoms with Gasteiger partial charge in [-0.25, -0.2) is 9.87 Å². The Labute approximate surface area is 111 Å². The molecule has 1 amide bonds. The van der Waals surface area contributed by atoms with E-state index in [-0.39, 0.29) is 24.8 Å². The van der Waals surface area contributed by atoms with Gasteiger partial charge >= 0.3 is 0 Å². The SMILES string of the molecule is O=C(Cc1ccccc1F)NOCc1ccccc1. The van der Waals surface area contributed by atoms with E-state index in [1.807, 2.05) is 30.3 Å². The van der Waals surface area contributed by atoms with E-state index in [0.29, 0.717) is 5.56 Å². The Balaban J connectivity index is 1.78. The number of halogens is 1. The highest BCUT2D eigenvalue weighted by Gasteiger charge is 2.07. The first-order valence-electron chi connectivity index (χ1n) is 5.93. The summed E-state index contributed by atoms with van der Waals surface area (Å²) in [5.41, 5.74) is 3.60. The monoisotopic (exact) mass is 259 g/mol. The third-order valence-electron chi connectivity index (χ3n) is 2.58. The minimum Gasteiger partial charge on any atom is -0.272 e. The molecule has 0 atom stereocenters. The van der Waals surface area contributed by atoms with Gasteiger partial charge in [-0.1, -0.05) is 48.5 Å². The zero-order chi connectivity index (χ0) is 13.5. The predicted molar refractivity (Wildman–Crippen MR) is 69.5 cm³/mol. The molecule has 4 heteroatoms. The highest BCUT2D eigenvalue weighted by atomic mass is 19.1. The second-order valence-corrected chi connectivity index (χ2v) is 4.07. The van der Waals surface area contributed by atoms with Crippen LogP contribution in [-0.4, -0.2) is 5.91 Å². The van der Waals surface area contributed by atoms with Crippen molar-refractivity contribution in [2.75, 3.05) is 0 Å². The molecule has 0 radical (unpaired) electrons. The van der Waals surface area contributed by atoms with Gasteiger partial charge in [0.15, 0.2) is 0 Å². The van der Waals surface area contributed by atoms with E-state index in [2.05, 4.69) is 5.48 Å². The van der Waals surface area contributed by atoms with Crippen LogP contribution in [0.15, 0.2) is 54.6 Å². The van der Waals surface area contributed by atoms with Crippen LogP contribution in [0.1, 0.15) is 11.1 Å². The van der Waals surface area contributed by atoms with Gasteiger partial charge in [0.25, 0.3) is 0 Å². The highest BCUT2D eigenvalue weighted by Crippen LogP contribution is 2.07. The molecule has 0 aliphatic carbocycles. The van der Waals surface area contributed by atoms with Gasteiger partial charge in [0.1, 0.15) is 5.82 Å². The molecule has 98 valence electrons. The second kappa shape index (κ2) is 6.66. The van der Waals surface area contributed by atoms with Crippen molar-refractivity contribution < 1.29 is 14.0 Å². The number of benzene rings is 2. The minimum absolute atomic E-state index is 0.0402. The summed E-state index contributed by atoms with van der Waals surface area (Å²) in [4.78, 5) is 16.6. The van der Waals surface area contributed by atoms with Crippen LogP contribution < -0.4 is 5.48 Å². The predicted octanol–water partition coefficient (Wildman–Crippen LogP) is 2.62. The highest BCUT2D eigenvalue weighted by molar-refractivity contribution is 5.77. The van der Waals surface area contributed by atoms with Crippen LogP contribution in [0.5, 0.6) is 0 Å². The molecule has 0 aliphatic heterocycles. The lowest BCUT2D eigenvalue weighted by molar-refractivity contribution is -0.133. The molecule has 0 spiro atoms. The molecule has 2 rings (SSSR count). The topological polar surface area (TPSA) is 38.3 Å². The fourth-order valence-electron chi connectivity index (χ4n) is 1.62. The van der Waals surface area contributed by atoms with Crippen LogP contribution in [0.2, 0.25) is 0 Å². The molecule has 0 heterocycles. The summed E-state index contributed by atoms with van der Waals surface area (Å²) in [5, 5.41) is 0. The Morgan fingerprint density at radius 2 is 1.74 bits per heavy atom. The van der Waals surface area contributed by atoms with Crippen LogP contribution in [0, 0.1) is 5.82 Å². The van der Waals surface area contributed by atoms with Gasteiger partial charge in [0, 0.05) is 0 Å². The molecule has 0 saturated carbocycles. The molecule has 2 aromatic rings. The van der Waals surface area contributed by atoms with Gasteiger partial charge in [-0.2, -0.15) is 0 Å². The van der Waals surface area contributed by atoms with Gasteiger partial charge in [-0.05, 0) is 17.2 Å². The lowest BCUT2D eigenvalue weighted by Crippen LogP contribution is -2.25. The normalized spacial score (nSPS) is 10.2. The maximum atomic E-state index is 13.3. The molecular weight excluding hydrogens is 245 g/mol. The molecule has 19 heavy (non-hydrogen) atoms. The van der Waals surface area contributed by atoms with Gasteiger partial charge < -0.3 is 0 Å². The van der Waals surface area contributed by atoms with Crippen LogP contribution in [0.25, 0.3) is 0 Å². The standard InChI is InChI=1S/C15H14FNO2/c16-14-9-5-4-8-13(14)10-15(18)17-19-11-12-6-2-1-3-7-12/h1-9H,10-11H2,(H,17,18). The number of amides is 1. The largest absolute Gasteiger partial charge is 0.272 e. The molecule has 0 fully saturated rings. The van der Waals surface area contributed by atoms with Crippen LogP contribution in [0.3, 0.4) is 0 Å². The Bertz CT molecular complexity index is 543. The third-order valence-corrected chi connectivity index (χ3v) is 2.58. The number of hydroxylamine groups is 1. The number of rotatable bonds is 5. The van der Waals surface area contributed by atoms with Crippen molar-refractivity contribution in [1.82, 2.24) is 5.48 Å². The van der Waals surface area contributed by atoms with Crippen molar-refractivity contribution in [2.45, 2.75) is 13.0 Å². The Kier molecular flexibility index (Phi) is 4.64. The third kappa shape index (κ3) is 4.19. The molecule has 0 aliphatic rings. The summed E-state index contributed by atoms with van der Waals surface area (Å²) < 4.78 is 13.3. The maximum absolute atomic E-state index is 13.3. The Morgan fingerprint density at radius 1 is 1.05 bits per heavy atom. The number of carbonyl (C=O) groups is 1. The minimum atomic E-state index is -0.388. The summed E-state index contributed by atoms with van der Waals surface area (Å²) in [7, 11) is 0. The van der Waals surface area contributed by atoms with Crippen LogP contribution >= 0.6 is 0 Å². The van der Waals surface area contributed by atoms with E-state index in [1.165, 1.54) is 6.07 Å². The number of hydrogen-bond donors (Lipinski definition) is 1. The van der Waals surface area contributed by atoms with Crippen LogP contribution in [-0.2, 0) is 22.7 Å². The van der Waals surface area contributed by atoms with Gasteiger partial charge in [-0.15, -0.1) is 0 Å². The zero-order valence-corrected chi connectivity index (χ0v) is 10.3. The van der Waals surface area contributed by atoms with E-state index in [9.17, 15) is 9.18 Å². The number of carbonyl (C=O) groups excluding carboxylic acids is 1. The van der Waals surface area contributed by atoms with Crippen molar-refractivity contribution in [3.05, 3.63) is 71.5 Å².